The number of methoxy groups -OCH3 is 1. The number of nitrogens with two attached hydrogens (primary N) is 1. The second-order valence-electron chi connectivity index (χ2n) is 4.56. The van der Waals surface area contributed by atoms with Crippen molar-refractivity contribution in [2.24, 2.45) is 5.73 Å². The SMILES string of the molecule is COc1ccccc1C(N)CN(C)c1ccccc1. The first-order valence-electron chi connectivity index (χ1n) is 6.37. The van der Waals surface area contributed by atoms with Gasteiger partial charge in [-0.1, -0.05) is 36.4 Å². The van der Waals surface area contributed by atoms with E-state index in [1.165, 1.54) is 0 Å². The molecule has 0 amide bonds. The molecule has 0 heterocycles. The highest BCUT2D eigenvalue weighted by molar-refractivity contribution is 5.46. The number of hydrogen-bond acceptors (Lipinski definition) is 3. The fourth-order valence-electron chi connectivity index (χ4n) is 2.15. The Hall–Kier alpha value is -2.00. The van der Waals surface area contributed by atoms with Crippen LogP contribution in [0, 0.1) is 0 Å². The molecule has 1 atom stereocenters. The maximum atomic E-state index is 6.29. The summed E-state index contributed by atoms with van der Waals surface area (Å²) in [6.07, 6.45) is 0. The lowest BCUT2D eigenvalue weighted by molar-refractivity contribution is 0.405. The van der Waals surface area contributed by atoms with Crippen molar-refractivity contribution in [3.05, 3.63) is 60.2 Å². The average molecular weight is 256 g/mol. The van der Waals surface area contributed by atoms with Crippen molar-refractivity contribution in [1.82, 2.24) is 0 Å². The van der Waals surface area contributed by atoms with E-state index in [9.17, 15) is 0 Å². The smallest absolute Gasteiger partial charge is 0.123 e. The second-order valence-corrected chi connectivity index (χ2v) is 4.56. The number of rotatable bonds is 5. The topological polar surface area (TPSA) is 38.5 Å². The average Bonchev–Trinajstić information content (AvgIpc) is 2.48. The van der Waals surface area contributed by atoms with Gasteiger partial charge in [0.2, 0.25) is 0 Å². The maximum absolute atomic E-state index is 6.29. The van der Waals surface area contributed by atoms with Crippen LogP contribution >= 0.6 is 0 Å². The minimum Gasteiger partial charge on any atom is -0.496 e. The van der Waals surface area contributed by atoms with Crippen molar-refractivity contribution in [1.29, 1.82) is 0 Å². The highest BCUT2D eigenvalue weighted by atomic mass is 16.5. The largest absolute Gasteiger partial charge is 0.496 e. The Morgan fingerprint density at radius 3 is 2.37 bits per heavy atom. The Morgan fingerprint density at radius 1 is 1.05 bits per heavy atom. The molecule has 2 aromatic carbocycles. The summed E-state index contributed by atoms with van der Waals surface area (Å²) in [5.74, 6) is 0.844. The Bertz CT molecular complexity index is 513. The zero-order valence-electron chi connectivity index (χ0n) is 11.4. The Kier molecular flexibility index (Phi) is 4.42. The van der Waals surface area contributed by atoms with Crippen LogP contribution in [-0.4, -0.2) is 20.7 Å². The lowest BCUT2D eigenvalue weighted by Gasteiger charge is -2.24. The second kappa shape index (κ2) is 6.25. The summed E-state index contributed by atoms with van der Waals surface area (Å²) in [5, 5.41) is 0. The van der Waals surface area contributed by atoms with Gasteiger partial charge in [-0.2, -0.15) is 0 Å². The van der Waals surface area contributed by atoms with E-state index in [2.05, 4.69) is 17.0 Å². The van der Waals surface area contributed by atoms with Gasteiger partial charge in [0.1, 0.15) is 5.75 Å². The van der Waals surface area contributed by atoms with Crippen molar-refractivity contribution in [2.45, 2.75) is 6.04 Å². The van der Waals surface area contributed by atoms with Crippen LogP contribution in [0.1, 0.15) is 11.6 Å². The highest BCUT2D eigenvalue weighted by Crippen LogP contribution is 2.24. The molecule has 2 rings (SSSR count). The summed E-state index contributed by atoms with van der Waals surface area (Å²) in [4.78, 5) is 2.15. The number of likely N-dealkylation sites (N-methyl/N-ethyl adjacent to an activating group) is 1. The van der Waals surface area contributed by atoms with Crippen molar-refractivity contribution >= 4 is 5.69 Å². The highest BCUT2D eigenvalue weighted by Gasteiger charge is 2.13. The first-order chi connectivity index (χ1) is 9.22. The van der Waals surface area contributed by atoms with Gasteiger partial charge in [-0.05, 0) is 18.2 Å². The number of para-hydroxylation sites is 2. The Labute approximate surface area is 114 Å². The molecule has 0 saturated carbocycles. The van der Waals surface area contributed by atoms with E-state index in [4.69, 9.17) is 10.5 Å². The number of benzene rings is 2. The lowest BCUT2D eigenvalue weighted by Crippen LogP contribution is -2.29. The van der Waals surface area contributed by atoms with Crippen LogP contribution in [0.2, 0.25) is 0 Å². The fourth-order valence-corrected chi connectivity index (χ4v) is 2.15. The van der Waals surface area contributed by atoms with Gasteiger partial charge in [-0.25, -0.2) is 0 Å². The molecule has 0 aromatic heterocycles. The lowest BCUT2D eigenvalue weighted by atomic mass is 10.1. The van der Waals surface area contributed by atoms with E-state index < -0.39 is 0 Å². The first kappa shape index (κ1) is 13.4. The van der Waals surface area contributed by atoms with Crippen LogP contribution in [0.3, 0.4) is 0 Å². The number of hydrogen-bond donors (Lipinski definition) is 1. The van der Waals surface area contributed by atoms with E-state index in [0.29, 0.717) is 0 Å². The molecule has 0 aliphatic carbocycles. The zero-order valence-corrected chi connectivity index (χ0v) is 11.4. The Morgan fingerprint density at radius 2 is 1.68 bits per heavy atom. The molecule has 100 valence electrons. The van der Waals surface area contributed by atoms with Crippen molar-refractivity contribution < 1.29 is 4.74 Å². The Balaban J connectivity index is 2.11. The third-order valence-corrected chi connectivity index (χ3v) is 3.21. The molecule has 1 unspecified atom stereocenters. The zero-order chi connectivity index (χ0) is 13.7. The third-order valence-electron chi connectivity index (χ3n) is 3.21. The molecule has 0 aliphatic rings. The van der Waals surface area contributed by atoms with Gasteiger partial charge in [0.05, 0.1) is 13.2 Å². The van der Waals surface area contributed by atoms with Gasteiger partial charge in [0.15, 0.2) is 0 Å². The summed E-state index contributed by atoms with van der Waals surface area (Å²) in [7, 11) is 3.72. The molecule has 3 nitrogen and oxygen atoms in total. The summed E-state index contributed by atoms with van der Waals surface area (Å²) in [6.45, 7) is 0.740. The first-order valence-corrected chi connectivity index (χ1v) is 6.37. The van der Waals surface area contributed by atoms with Crippen LogP contribution < -0.4 is 15.4 Å². The summed E-state index contributed by atoms with van der Waals surface area (Å²) in [5.41, 5.74) is 8.48. The summed E-state index contributed by atoms with van der Waals surface area (Å²) in [6, 6.07) is 18.0. The van der Waals surface area contributed by atoms with E-state index >= 15 is 0 Å². The van der Waals surface area contributed by atoms with Crippen molar-refractivity contribution in [3.8, 4) is 5.75 Å². The molecule has 0 spiro atoms. The molecule has 0 radical (unpaired) electrons. The molecule has 0 bridgehead atoms. The number of nitrogens with zero attached hydrogens (tertiary/aromatic N) is 1. The maximum Gasteiger partial charge on any atom is 0.123 e. The molecule has 0 saturated heterocycles. The molecule has 19 heavy (non-hydrogen) atoms. The van der Waals surface area contributed by atoms with Gasteiger partial charge >= 0.3 is 0 Å². The number of anilines is 1. The summed E-state index contributed by atoms with van der Waals surface area (Å²) < 4.78 is 5.36. The predicted octanol–water partition coefficient (Wildman–Crippen LogP) is 2.83. The van der Waals surface area contributed by atoms with E-state index in [1.807, 2.05) is 49.5 Å². The molecule has 0 aliphatic heterocycles. The van der Waals surface area contributed by atoms with Crippen LogP contribution in [0.25, 0.3) is 0 Å². The molecule has 3 heteroatoms. The molecule has 2 N–H and O–H groups in total. The van der Waals surface area contributed by atoms with Gasteiger partial charge in [0.25, 0.3) is 0 Å². The monoisotopic (exact) mass is 256 g/mol. The minimum absolute atomic E-state index is 0.0821. The van der Waals surface area contributed by atoms with Gasteiger partial charge in [-0.3, -0.25) is 0 Å². The van der Waals surface area contributed by atoms with Crippen LogP contribution in [0.5, 0.6) is 5.75 Å². The molecular weight excluding hydrogens is 236 g/mol. The summed E-state index contributed by atoms with van der Waals surface area (Å²) >= 11 is 0. The van der Waals surface area contributed by atoms with E-state index in [0.717, 1.165) is 23.5 Å². The van der Waals surface area contributed by atoms with E-state index in [1.54, 1.807) is 7.11 Å². The molecule has 0 fully saturated rings. The molecule has 2 aromatic rings. The quantitative estimate of drug-likeness (QED) is 0.894. The van der Waals surface area contributed by atoms with Crippen molar-refractivity contribution in [2.75, 3.05) is 25.6 Å². The predicted molar refractivity (Wildman–Crippen MR) is 79.6 cm³/mol. The number of ether oxygens (including phenoxy) is 1. The normalized spacial score (nSPS) is 11.9. The molecular formula is C16H20N2O. The van der Waals surface area contributed by atoms with Gasteiger partial charge in [0, 0.05) is 24.8 Å². The van der Waals surface area contributed by atoms with E-state index in [-0.39, 0.29) is 6.04 Å². The standard InChI is InChI=1S/C16H20N2O/c1-18(13-8-4-3-5-9-13)12-15(17)14-10-6-7-11-16(14)19-2/h3-11,15H,12,17H2,1-2H3. The third kappa shape index (κ3) is 3.26. The van der Waals surface area contributed by atoms with Crippen LogP contribution in [0.15, 0.2) is 54.6 Å². The van der Waals surface area contributed by atoms with Crippen LogP contribution in [0.4, 0.5) is 5.69 Å². The van der Waals surface area contributed by atoms with Crippen LogP contribution in [-0.2, 0) is 0 Å². The van der Waals surface area contributed by atoms with Crippen molar-refractivity contribution in [3.63, 3.8) is 0 Å². The fraction of sp³-hybridized carbons (Fsp3) is 0.250. The van der Waals surface area contributed by atoms with Gasteiger partial charge < -0.3 is 15.4 Å². The minimum atomic E-state index is -0.0821. The van der Waals surface area contributed by atoms with Gasteiger partial charge in [-0.15, -0.1) is 0 Å².